The number of pyridine rings is 1. The van der Waals surface area contributed by atoms with E-state index < -0.39 is 17.6 Å². The number of esters is 1. The number of methoxy groups -OCH3 is 1. The number of nitrogens with one attached hydrogen (secondary N) is 1. The van der Waals surface area contributed by atoms with E-state index >= 15 is 0 Å². The molecule has 0 fully saturated rings. The minimum Gasteiger partial charge on any atom is -0.496 e. The maximum Gasteiger partial charge on any atom is 0.329 e. The molecule has 1 aromatic heterocycles. The standard InChI is InChI=1S/C23H30N2O4/c1-6-7-10-19(22(27)29-23(2,3)4)25-21(26)16-12-13-20(28-5)17(15-16)18-11-8-9-14-24-18/h8-9,11-15,19H,6-7,10H2,1-5H3,(H,25,26)/t19-/m1/s1. The first-order valence-corrected chi connectivity index (χ1v) is 9.88. The SMILES string of the molecule is CCCC[C@@H](NC(=O)c1ccc(OC)c(-c2ccccn2)c1)C(=O)OC(C)(C)C. The summed E-state index contributed by atoms with van der Waals surface area (Å²) in [7, 11) is 1.57. The predicted octanol–water partition coefficient (Wildman–Crippen LogP) is 4.39. The van der Waals surface area contributed by atoms with Crippen LogP contribution in [0.5, 0.6) is 5.75 Å². The third-order valence-electron chi connectivity index (χ3n) is 4.25. The molecule has 156 valence electrons. The van der Waals surface area contributed by atoms with Crippen molar-refractivity contribution in [2.45, 2.75) is 58.6 Å². The van der Waals surface area contributed by atoms with Crippen LogP contribution in [0.4, 0.5) is 0 Å². The van der Waals surface area contributed by atoms with Gasteiger partial charge in [-0.15, -0.1) is 0 Å². The van der Waals surface area contributed by atoms with Crippen molar-refractivity contribution < 1.29 is 19.1 Å². The Hall–Kier alpha value is -2.89. The summed E-state index contributed by atoms with van der Waals surface area (Å²) in [5.74, 6) is -0.135. The van der Waals surface area contributed by atoms with Crippen LogP contribution in [0.25, 0.3) is 11.3 Å². The number of unbranched alkanes of at least 4 members (excludes halogenated alkanes) is 1. The third-order valence-corrected chi connectivity index (χ3v) is 4.25. The van der Waals surface area contributed by atoms with E-state index in [4.69, 9.17) is 9.47 Å². The predicted molar refractivity (Wildman–Crippen MR) is 113 cm³/mol. The zero-order valence-electron chi connectivity index (χ0n) is 17.8. The lowest BCUT2D eigenvalue weighted by Gasteiger charge is -2.24. The Kier molecular flexibility index (Phi) is 7.76. The smallest absolute Gasteiger partial charge is 0.329 e. The zero-order valence-corrected chi connectivity index (χ0v) is 17.8. The number of benzene rings is 1. The largest absolute Gasteiger partial charge is 0.496 e. The summed E-state index contributed by atoms with van der Waals surface area (Å²) in [6, 6.07) is 9.98. The molecule has 1 heterocycles. The summed E-state index contributed by atoms with van der Waals surface area (Å²) in [6.45, 7) is 7.47. The van der Waals surface area contributed by atoms with Crippen LogP contribution in [0.2, 0.25) is 0 Å². The molecule has 0 radical (unpaired) electrons. The fourth-order valence-electron chi connectivity index (χ4n) is 2.84. The van der Waals surface area contributed by atoms with Crippen molar-refractivity contribution in [3.8, 4) is 17.0 Å². The molecule has 6 nitrogen and oxygen atoms in total. The van der Waals surface area contributed by atoms with Gasteiger partial charge in [-0.05, 0) is 57.5 Å². The Balaban J connectivity index is 2.26. The van der Waals surface area contributed by atoms with Gasteiger partial charge in [-0.3, -0.25) is 9.78 Å². The highest BCUT2D eigenvalue weighted by Gasteiger charge is 2.27. The van der Waals surface area contributed by atoms with Crippen LogP contribution in [0.3, 0.4) is 0 Å². The molecule has 0 aliphatic rings. The van der Waals surface area contributed by atoms with E-state index in [1.807, 2.05) is 45.9 Å². The fourth-order valence-corrected chi connectivity index (χ4v) is 2.84. The molecule has 0 bridgehead atoms. The quantitative estimate of drug-likeness (QED) is 0.668. The normalized spacial score (nSPS) is 12.2. The van der Waals surface area contributed by atoms with Gasteiger partial charge in [0.1, 0.15) is 17.4 Å². The molecule has 0 saturated heterocycles. The lowest BCUT2D eigenvalue weighted by Crippen LogP contribution is -2.44. The van der Waals surface area contributed by atoms with Crippen LogP contribution in [0.15, 0.2) is 42.6 Å². The number of carbonyl (C=O) groups is 2. The van der Waals surface area contributed by atoms with Crippen molar-refractivity contribution in [1.82, 2.24) is 10.3 Å². The van der Waals surface area contributed by atoms with Gasteiger partial charge in [0.15, 0.2) is 0 Å². The average molecular weight is 399 g/mol. The molecule has 0 aliphatic carbocycles. The minimum absolute atomic E-state index is 0.336. The van der Waals surface area contributed by atoms with Crippen molar-refractivity contribution in [2.24, 2.45) is 0 Å². The van der Waals surface area contributed by atoms with Gasteiger partial charge in [0.2, 0.25) is 0 Å². The Morgan fingerprint density at radius 2 is 1.93 bits per heavy atom. The van der Waals surface area contributed by atoms with Gasteiger partial charge in [0, 0.05) is 17.3 Å². The van der Waals surface area contributed by atoms with Crippen LogP contribution in [-0.4, -0.2) is 35.6 Å². The maximum absolute atomic E-state index is 12.9. The molecule has 2 aromatic rings. The summed E-state index contributed by atoms with van der Waals surface area (Å²) in [5.41, 5.74) is 1.23. The van der Waals surface area contributed by atoms with Crippen molar-refractivity contribution in [2.75, 3.05) is 7.11 Å². The highest BCUT2D eigenvalue weighted by Crippen LogP contribution is 2.29. The van der Waals surface area contributed by atoms with Crippen molar-refractivity contribution in [3.05, 3.63) is 48.2 Å². The van der Waals surface area contributed by atoms with E-state index in [1.165, 1.54) is 0 Å². The third kappa shape index (κ3) is 6.59. The molecule has 6 heteroatoms. The number of rotatable bonds is 8. The number of hydrogen-bond donors (Lipinski definition) is 1. The summed E-state index contributed by atoms with van der Waals surface area (Å²) in [5, 5.41) is 2.83. The number of ether oxygens (including phenoxy) is 2. The lowest BCUT2D eigenvalue weighted by atomic mass is 10.0. The van der Waals surface area contributed by atoms with Gasteiger partial charge < -0.3 is 14.8 Å². The second-order valence-electron chi connectivity index (χ2n) is 7.83. The topological polar surface area (TPSA) is 77.5 Å². The number of amides is 1. The van der Waals surface area contributed by atoms with Crippen LogP contribution < -0.4 is 10.1 Å². The second kappa shape index (κ2) is 10.0. The summed E-state index contributed by atoms with van der Waals surface area (Å²) in [4.78, 5) is 29.8. The summed E-state index contributed by atoms with van der Waals surface area (Å²) in [6.07, 6.45) is 3.94. The van der Waals surface area contributed by atoms with Crippen LogP contribution in [0.1, 0.15) is 57.3 Å². The second-order valence-corrected chi connectivity index (χ2v) is 7.83. The minimum atomic E-state index is -0.693. The van der Waals surface area contributed by atoms with E-state index in [0.717, 1.165) is 12.8 Å². The Morgan fingerprint density at radius 3 is 2.52 bits per heavy atom. The van der Waals surface area contributed by atoms with Gasteiger partial charge in [-0.25, -0.2) is 4.79 Å². The Labute approximate surface area is 172 Å². The molecule has 0 unspecified atom stereocenters. The van der Waals surface area contributed by atoms with Gasteiger partial charge in [-0.1, -0.05) is 25.8 Å². The average Bonchev–Trinajstić information content (AvgIpc) is 2.69. The van der Waals surface area contributed by atoms with Crippen molar-refractivity contribution >= 4 is 11.9 Å². The highest BCUT2D eigenvalue weighted by molar-refractivity contribution is 5.98. The summed E-state index contributed by atoms with van der Waals surface area (Å²) < 4.78 is 10.9. The van der Waals surface area contributed by atoms with Crippen LogP contribution in [-0.2, 0) is 9.53 Å². The van der Waals surface area contributed by atoms with Gasteiger partial charge in [0.25, 0.3) is 5.91 Å². The Bertz CT molecular complexity index is 829. The number of hydrogen-bond acceptors (Lipinski definition) is 5. The van der Waals surface area contributed by atoms with Crippen LogP contribution >= 0.6 is 0 Å². The fraction of sp³-hybridized carbons (Fsp3) is 0.435. The van der Waals surface area contributed by atoms with E-state index in [9.17, 15) is 9.59 Å². The van der Waals surface area contributed by atoms with E-state index in [2.05, 4.69) is 10.3 Å². The maximum atomic E-state index is 12.9. The van der Waals surface area contributed by atoms with E-state index in [0.29, 0.717) is 29.0 Å². The first-order valence-electron chi connectivity index (χ1n) is 9.88. The molecule has 29 heavy (non-hydrogen) atoms. The monoisotopic (exact) mass is 398 g/mol. The zero-order chi connectivity index (χ0) is 21.4. The molecule has 1 amide bonds. The first-order chi connectivity index (χ1) is 13.7. The summed E-state index contributed by atoms with van der Waals surface area (Å²) >= 11 is 0. The highest BCUT2D eigenvalue weighted by atomic mass is 16.6. The Morgan fingerprint density at radius 1 is 1.17 bits per heavy atom. The van der Waals surface area contributed by atoms with E-state index in [1.54, 1.807) is 31.5 Å². The lowest BCUT2D eigenvalue weighted by molar-refractivity contribution is -0.157. The number of nitrogens with zero attached hydrogens (tertiary/aromatic N) is 1. The molecule has 0 spiro atoms. The molecule has 0 saturated carbocycles. The molecular weight excluding hydrogens is 368 g/mol. The molecule has 2 rings (SSSR count). The molecule has 1 N–H and O–H groups in total. The number of carbonyl (C=O) groups excluding carboxylic acids is 2. The molecule has 0 aliphatic heterocycles. The van der Waals surface area contributed by atoms with Crippen molar-refractivity contribution in [1.29, 1.82) is 0 Å². The molecule has 1 aromatic carbocycles. The molecular formula is C23H30N2O4. The van der Waals surface area contributed by atoms with Gasteiger partial charge >= 0.3 is 5.97 Å². The first kappa shape index (κ1) is 22.4. The molecule has 1 atom stereocenters. The number of aromatic nitrogens is 1. The van der Waals surface area contributed by atoms with Crippen molar-refractivity contribution in [3.63, 3.8) is 0 Å². The van der Waals surface area contributed by atoms with E-state index in [-0.39, 0.29) is 5.91 Å². The van der Waals surface area contributed by atoms with Gasteiger partial charge in [0.05, 0.1) is 12.8 Å². The van der Waals surface area contributed by atoms with Gasteiger partial charge in [-0.2, -0.15) is 0 Å². The van der Waals surface area contributed by atoms with Crippen LogP contribution in [0, 0.1) is 0 Å².